The quantitative estimate of drug-likeness (QED) is 0.811. The molecule has 1 aromatic rings. The first-order valence-electron chi connectivity index (χ1n) is 6.99. The van der Waals surface area contributed by atoms with E-state index in [1.165, 1.54) is 0 Å². The van der Waals surface area contributed by atoms with Gasteiger partial charge in [-0.2, -0.15) is 0 Å². The van der Waals surface area contributed by atoms with Crippen molar-refractivity contribution in [3.63, 3.8) is 0 Å². The van der Waals surface area contributed by atoms with Crippen molar-refractivity contribution >= 4 is 5.91 Å². The monoisotopic (exact) mass is 275 g/mol. The third-order valence-corrected chi connectivity index (χ3v) is 3.47. The lowest BCUT2D eigenvalue weighted by Crippen LogP contribution is -2.28. The van der Waals surface area contributed by atoms with Gasteiger partial charge in [0.25, 0.3) is 0 Å². The van der Waals surface area contributed by atoms with Crippen LogP contribution in [0.15, 0.2) is 42.0 Å². The third kappa shape index (κ3) is 5.17. The fraction of sp³-hybridized carbons (Fsp3) is 0.471. The molecule has 1 atom stereocenters. The number of amides is 1. The highest BCUT2D eigenvalue weighted by molar-refractivity contribution is 5.88. The number of hydrogen-bond donors (Lipinski definition) is 2. The maximum atomic E-state index is 12.1. The minimum Gasteiger partial charge on any atom is -0.396 e. The molecular formula is C17H25NO2. The zero-order valence-corrected chi connectivity index (χ0v) is 12.8. The van der Waals surface area contributed by atoms with E-state index in [9.17, 15) is 4.79 Å². The summed E-state index contributed by atoms with van der Waals surface area (Å²) < 4.78 is 0. The van der Waals surface area contributed by atoms with Crippen molar-refractivity contribution in [3.8, 4) is 0 Å². The van der Waals surface area contributed by atoms with Gasteiger partial charge in [0.05, 0.1) is 6.04 Å². The van der Waals surface area contributed by atoms with Crippen molar-refractivity contribution in [1.82, 2.24) is 5.32 Å². The molecule has 0 aliphatic rings. The molecule has 3 nitrogen and oxygen atoms in total. The van der Waals surface area contributed by atoms with Gasteiger partial charge in [-0.1, -0.05) is 56.7 Å². The fourth-order valence-electron chi connectivity index (χ4n) is 1.76. The van der Waals surface area contributed by atoms with Gasteiger partial charge in [0, 0.05) is 12.7 Å². The van der Waals surface area contributed by atoms with Crippen molar-refractivity contribution in [1.29, 1.82) is 0 Å². The smallest absolute Gasteiger partial charge is 0.244 e. The molecule has 0 aliphatic carbocycles. The molecule has 0 aromatic heterocycles. The first kappa shape index (κ1) is 16.4. The van der Waals surface area contributed by atoms with Crippen LogP contribution in [0.1, 0.15) is 45.7 Å². The number of allylic oxidation sites excluding steroid dienone is 1. The average Bonchev–Trinajstić information content (AvgIpc) is 2.38. The van der Waals surface area contributed by atoms with Crippen molar-refractivity contribution < 1.29 is 9.90 Å². The SMILES string of the molecule is C/C(=C/C(=O)NC(CCO)c1ccccc1)C(C)(C)C. The molecule has 0 aliphatic heterocycles. The first-order valence-corrected chi connectivity index (χ1v) is 6.99. The summed E-state index contributed by atoms with van der Waals surface area (Å²) in [5.41, 5.74) is 2.03. The van der Waals surface area contributed by atoms with Crippen LogP contribution >= 0.6 is 0 Å². The molecular weight excluding hydrogens is 250 g/mol. The molecule has 3 heteroatoms. The van der Waals surface area contributed by atoms with Crippen molar-refractivity contribution in [2.45, 2.75) is 40.2 Å². The number of hydrogen-bond acceptors (Lipinski definition) is 2. The van der Waals surface area contributed by atoms with Gasteiger partial charge in [-0.05, 0) is 24.3 Å². The van der Waals surface area contributed by atoms with Gasteiger partial charge < -0.3 is 10.4 Å². The number of aliphatic hydroxyl groups excluding tert-OH is 1. The predicted octanol–water partition coefficient (Wildman–Crippen LogP) is 3.22. The Kier molecular flexibility index (Phi) is 5.96. The summed E-state index contributed by atoms with van der Waals surface area (Å²) in [6.45, 7) is 8.24. The van der Waals surface area contributed by atoms with Gasteiger partial charge >= 0.3 is 0 Å². The number of rotatable bonds is 5. The van der Waals surface area contributed by atoms with Crippen LogP contribution in [0.2, 0.25) is 0 Å². The molecule has 0 saturated carbocycles. The Morgan fingerprint density at radius 2 is 1.90 bits per heavy atom. The molecule has 0 spiro atoms. The Bertz CT molecular complexity index is 458. The van der Waals surface area contributed by atoms with Gasteiger partial charge in [-0.25, -0.2) is 0 Å². The minimum atomic E-state index is -0.155. The summed E-state index contributed by atoms with van der Waals surface area (Å²) in [5, 5.41) is 12.1. The summed E-state index contributed by atoms with van der Waals surface area (Å²) in [5.74, 6) is -0.111. The predicted molar refractivity (Wildman–Crippen MR) is 82.2 cm³/mol. The normalized spacial score (nSPS) is 13.9. The van der Waals surface area contributed by atoms with E-state index in [4.69, 9.17) is 5.11 Å². The lowest BCUT2D eigenvalue weighted by atomic mass is 9.87. The molecule has 1 rings (SSSR count). The Morgan fingerprint density at radius 1 is 1.30 bits per heavy atom. The van der Waals surface area contributed by atoms with Crippen LogP contribution in [0.5, 0.6) is 0 Å². The largest absolute Gasteiger partial charge is 0.396 e. The number of nitrogens with one attached hydrogen (secondary N) is 1. The highest BCUT2D eigenvalue weighted by Gasteiger charge is 2.16. The number of carbonyl (C=O) groups is 1. The van der Waals surface area contributed by atoms with Gasteiger partial charge in [-0.3, -0.25) is 4.79 Å². The minimum absolute atomic E-state index is 0.0173. The van der Waals surface area contributed by atoms with E-state index in [1.807, 2.05) is 37.3 Å². The van der Waals surface area contributed by atoms with Crippen molar-refractivity contribution in [2.75, 3.05) is 6.61 Å². The number of aliphatic hydroxyl groups is 1. The Balaban J connectivity index is 2.79. The van der Waals surface area contributed by atoms with E-state index < -0.39 is 0 Å². The molecule has 0 fully saturated rings. The van der Waals surface area contributed by atoms with Crippen LogP contribution in [-0.2, 0) is 4.79 Å². The number of carbonyl (C=O) groups excluding carboxylic acids is 1. The maximum absolute atomic E-state index is 12.1. The molecule has 0 radical (unpaired) electrons. The van der Waals surface area contributed by atoms with Crippen LogP contribution in [0.25, 0.3) is 0 Å². The second-order valence-corrected chi connectivity index (χ2v) is 6.06. The summed E-state index contributed by atoms with van der Waals surface area (Å²) in [7, 11) is 0. The Labute approximate surface area is 121 Å². The molecule has 20 heavy (non-hydrogen) atoms. The third-order valence-electron chi connectivity index (χ3n) is 3.47. The zero-order chi connectivity index (χ0) is 15.2. The molecule has 0 saturated heterocycles. The van der Waals surface area contributed by atoms with E-state index in [2.05, 4.69) is 26.1 Å². The van der Waals surface area contributed by atoms with E-state index in [1.54, 1.807) is 6.08 Å². The lowest BCUT2D eigenvalue weighted by molar-refractivity contribution is -0.117. The van der Waals surface area contributed by atoms with Crippen LogP contribution < -0.4 is 5.32 Å². The Hall–Kier alpha value is -1.61. The maximum Gasteiger partial charge on any atom is 0.244 e. The van der Waals surface area contributed by atoms with Crippen molar-refractivity contribution in [3.05, 3.63) is 47.5 Å². The standard InChI is InChI=1S/C17H25NO2/c1-13(17(2,3)4)12-16(20)18-15(10-11-19)14-8-6-5-7-9-14/h5-9,12,15,19H,10-11H2,1-4H3,(H,18,20)/b13-12-. The summed E-state index contributed by atoms with van der Waals surface area (Å²) in [4.78, 5) is 12.1. The highest BCUT2D eigenvalue weighted by atomic mass is 16.3. The van der Waals surface area contributed by atoms with Crippen molar-refractivity contribution in [2.24, 2.45) is 5.41 Å². The van der Waals surface area contributed by atoms with Gasteiger partial charge in [-0.15, -0.1) is 0 Å². The van der Waals surface area contributed by atoms with E-state index in [-0.39, 0.29) is 24.0 Å². The summed E-state index contributed by atoms with van der Waals surface area (Å²) in [6.07, 6.45) is 2.16. The molecule has 1 amide bonds. The molecule has 0 heterocycles. The van der Waals surface area contributed by atoms with Gasteiger partial charge in [0.15, 0.2) is 0 Å². The second kappa shape index (κ2) is 7.25. The van der Waals surface area contributed by atoms with Gasteiger partial charge in [0.2, 0.25) is 5.91 Å². The fourth-order valence-corrected chi connectivity index (χ4v) is 1.76. The molecule has 2 N–H and O–H groups in total. The molecule has 1 aromatic carbocycles. The Morgan fingerprint density at radius 3 is 2.40 bits per heavy atom. The van der Waals surface area contributed by atoms with Gasteiger partial charge in [0.1, 0.15) is 0 Å². The topological polar surface area (TPSA) is 49.3 Å². The van der Waals surface area contributed by atoms with E-state index >= 15 is 0 Å². The second-order valence-electron chi connectivity index (χ2n) is 6.06. The van der Waals surface area contributed by atoms with Crippen LogP contribution in [-0.4, -0.2) is 17.6 Å². The lowest BCUT2D eigenvalue weighted by Gasteiger charge is -2.21. The molecule has 0 bridgehead atoms. The van der Waals surface area contributed by atoms with Crippen LogP contribution in [0, 0.1) is 5.41 Å². The molecule has 110 valence electrons. The van der Waals surface area contributed by atoms with E-state index in [0.29, 0.717) is 6.42 Å². The number of benzene rings is 1. The summed E-state index contributed by atoms with van der Waals surface area (Å²) >= 11 is 0. The molecule has 1 unspecified atom stereocenters. The summed E-state index contributed by atoms with van der Waals surface area (Å²) in [6, 6.07) is 9.56. The highest BCUT2D eigenvalue weighted by Crippen LogP contribution is 2.24. The average molecular weight is 275 g/mol. The van der Waals surface area contributed by atoms with Crippen LogP contribution in [0.3, 0.4) is 0 Å². The zero-order valence-electron chi connectivity index (χ0n) is 12.8. The van der Waals surface area contributed by atoms with E-state index in [0.717, 1.165) is 11.1 Å². The first-order chi connectivity index (χ1) is 9.34. The van der Waals surface area contributed by atoms with Crippen LogP contribution in [0.4, 0.5) is 0 Å².